The predicted octanol–water partition coefficient (Wildman–Crippen LogP) is 2.12. The molecule has 1 heterocycles. The summed E-state index contributed by atoms with van der Waals surface area (Å²) in [7, 11) is 0. The van der Waals surface area contributed by atoms with Gasteiger partial charge in [0.2, 0.25) is 0 Å². The van der Waals surface area contributed by atoms with E-state index in [4.69, 9.17) is 22.0 Å². The molecule has 0 spiro atoms. The van der Waals surface area contributed by atoms with Gasteiger partial charge in [0.05, 0.1) is 18.1 Å². The van der Waals surface area contributed by atoms with E-state index in [0.717, 1.165) is 18.7 Å². The van der Waals surface area contributed by atoms with Crippen LogP contribution in [0.5, 0.6) is 0 Å². The molecule has 0 atom stereocenters. The van der Waals surface area contributed by atoms with Crippen LogP contribution < -0.4 is 0 Å². The number of hydrogen-bond donors (Lipinski definition) is 1. The van der Waals surface area contributed by atoms with Crippen LogP contribution in [0.1, 0.15) is 17.5 Å². The van der Waals surface area contributed by atoms with Crippen molar-refractivity contribution in [1.82, 2.24) is 4.90 Å². The van der Waals surface area contributed by atoms with Crippen LogP contribution in [0.25, 0.3) is 0 Å². The molecule has 0 aromatic heterocycles. The Labute approximate surface area is 110 Å². The van der Waals surface area contributed by atoms with E-state index >= 15 is 0 Å². The molecule has 1 aromatic carbocycles. The van der Waals surface area contributed by atoms with Gasteiger partial charge in [-0.2, -0.15) is 5.26 Å². The number of halogens is 1. The fourth-order valence-corrected chi connectivity index (χ4v) is 2.41. The number of carbonyl (C=O) groups is 1. The number of benzene rings is 1. The van der Waals surface area contributed by atoms with Crippen LogP contribution in [0.3, 0.4) is 0 Å². The van der Waals surface area contributed by atoms with Crippen molar-refractivity contribution in [2.75, 3.05) is 13.1 Å². The third-order valence-electron chi connectivity index (χ3n) is 3.07. The molecule has 1 aromatic rings. The monoisotopic (exact) mass is 264 g/mol. The Morgan fingerprint density at radius 1 is 1.56 bits per heavy atom. The van der Waals surface area contributed by atoms with E-state index < -0.39 is 5.97 Å². The minimum Gasteiger partial charge on any atom is -0.481 e. The molecule has 0 unspecified atom stereocenters. The first-order chi connectivity index (χ1) is 8.58. The lowest BCUT2D eigenvalue weighted by atomic mass is 9.95. The van der Waals surface area contributed by atoms with Crippen LogP contribution in [0.15, 0.2) is 18.2 Å². The van der Waals surface area contributed by atoms with Crippen molar-refractivity contribution < 1.29 is 9.90 Å². The summed E-state index contributed by atoms with van der Waals surface area (Å²) < 4.78 is 0. The average molecular weight is 265 g/mol. The molecule has 5 heteroatoms. The maximum Gasteiger partial charge on any atom is 0.303 e. The van der Waals surface area contributed by atoms with Crippen molar-refractivity contribution in [2.45, 2.75) is 13.0 Å². The number of nitriles is 1. The molecule has 1 saturated heterocycles. The van der Waals surface area contributed by atoms with E-state index in [9.17, 15) is 4.79 Å². The fraction of sp³-hybridized carbons (Fsp3) is 0.385. The first-order valence-electron chi connectivity index (χ1n) is 5.71. The Balaban J connectivity index is 1.89. The molecule has 0 amide bonds. The summed E-state index contributed by atoms with van der Waals surface area (Å²) in [4.78, 5) is 12.7. The zero-order chi connectivity index (χ0) is 13.1. The first kappa shape index (κ1) is 12.9. The van der Waals surface area contributed by atoms with Gasteiger partial charge in [-0.25, -0.2) is 0 Å². The molecule has 0 aliphatic carbocycles. The lowest BCUT2D eigenvalue weighted by molar-refractivity contribution is -0.139. The lowest BCUT2D eigenvalue weighted by Crippen LogP contribution is -2.46. The average Bonchev–Trinajstić information content (AvgIpc) is 2.27. The standard InChI is InChI=1S/C13H13ClN2O2/c14-12-3-9(5-15)1-2-11(12)8-16-6-10(7-16)4-13(17)18/h1-3,10H,4,6-8H2,(H,17,18). The van der Waals surface area contributed by atoms with Gasteiger partial charge in [0.15, 0.2) is 0 Å². The van der Waals surface area contributed by atoms with Crippen LogP contribution in [0.4, 0.5) is 0 Å². The van der Waals surface area contributed by atoms with Crippen molar-refractivity contribution in [3.05, 3.63) is 34.3 Å². The molecule has 1 aliphatic heterocycles. The molecule has 0 saturated carbocycles. The lowest BCUT2D eigenvalue weighted by Gasteiger charge is -2.38. The quantitative estimate of drug-likeness (QED) is 0.905. The maximum atomic E-state index is 10.5. The number of hydrogen-bond acceptors (Lipinski definition) is 3. The minimum absolute atomic E-state index is 0.234. The van der Waals surface area contributed by atoms with E-state index in [2.05, 4.69) is 4.90 Å². The van der Waals surface area contributed by atoms with Gasteiger partial charge in [-0.3, -0.25) is 9.69 Å². The number of carboxylic acids is 1. The van der Waals surface area contributed by atoms with Gasteiger partial charge < -0.3 is 5.11 Å². The normalized spacial score (nSPS) is 16.0. The van der Waals surface area contributed by atoms with Gasteiger partial charge in [0.25, 0.3) is 0 Å². The van der Waals surface area contributed by atoms with E-state index in [-0.39, 0.29) is 12.3 Å². The summed E-state index contributed by atoms with van der Waals surface area (Å²) in [5, 5.41) is 18.0. The van der Waals surface area contributed by atoms with Crippen molar-refractivity contribution >= 4 is 17.6 Å². The highest BCUT2D eigenvalue weighted by Gasteiger charge is 2.28. The van der Waals surface area contributed by atoms with E-state index in [1.54, 1.807) is 12.1 Å². The van der Waals surface area contributed by atoms with Crippen LogP contribution in [0.2, 0.25) is 5.02 Å². The van der Waals surface area contributed by atoms with Gasteiger partial charge >= 0.3 is 5.97 Å². The molecule has 1 aliphatic rings. The van der Waals surface area contributed by atoms with Gasteiger partial charge in [-0.05, 0) is 23.6 Å². The molecule has 18 heavy (non-hydrogen) atoms. The maximum absolute atomic E-state index is 10.5. The summed E-state index contributed by atoms with van der Waals surface area (Å²) in [5.41, 5.74) is 1.53. The van der Waals surface area contributed by atoms with E-state index in [1.165, 1.54) is 0 Å². The molecular formula is C13H13ClN2O2. The van der Waals surface area contributed by atoms with Crippen molar-refractivity contribution in [3.63, 3.8) is 0 Å². The number of aliphatic carboxylic acids is 1. The highest BCUT2D eigenvalue weighted by molar-refractivity contribution is 6.31. The Hall–Kier alpha value is -1.57. The number of rotatable bonds is 4. The zero-order valence-electron chi connectivity index (χ0n) is 9.77. The Kier molecular flexibility index (Phi) is 3.85. The van der Waals surface area contributed by atoms with Crippen molar-refractivity contribution in [2.24, 2.45) is 5.92 Å². The molecular weight excluding hydrogens is 252 g/mol. The second-order valence-electron chi connectivity index (χ2n) is 4.58. The Morgan fingerprint density at radius 3 is 2.83 bits per heavy atom. The highest BCUT2D eigenvalue weighted by Crippen LogP contribution is 2.25. The SMILES string of the molecule is N#Cc1ccc(CN2CC(CC(=O)O)C2)c(Cl)c1. The molecule has 1 N–H and O–H groups in total. The zero-order valence-corrected chi connectivity index (χ0v) is 10.5. The van der Waals surface area contributed by atoms with Crippen LogP contribution in [0, 0.1) is 17.2 Å². The van der Waals surface area contributed by atoms with Crippen LogP contribution in [-0.2, 0) is 11.3 Å². The Morgan fingerprint density at radius 2 is 2.28 bits per heavy atom. The molecule has 0 bridgehead atoms. The third kappa shape index (κ3) is 3.00. The topological polar surface area (TPSA) is 64.3 Å². The largest absolute Gasteiger partial charge is 0.481 e. The van der Waals surface area contributed by atoms with Gasteiger partial charge in [0, 0.05) is 24.7 Å². The third-order valence-corrected chi connectivity index (χ3v) is 3.42. The van der Waals surface area contributed by atoms with E-state index in [0.29, 0.717) is 17.1 Å². The molecule has 1 fully saturated rings. The summed E-state index contributed by atoms with van der Waals surface area (Å²) in [5.74, 6) is -0.490. The predicted molar refractivity (Wildman–Crippen MR) is 67.2 cm³/mol. The van der Waals surface area contributed by atoms with E-state index in [1.807, 2.05) is 12.1 Å². The first-order valence-corrected chi connectivity index (χ1v) is 6.09. The summed E-state index contributed by atoms with van der Waals surface area (Å²) >= 11 is 6.08. The summed E-state index contributed by atoms with van der Waals surface area (Å²) in [6, 6.07) is 7.30. The second kappa shape index (κ2) is 5.38. The van der Waals surface area contributed by atoms with Gasteiger partial charge in [0.1, 0.15) is 0 Å². The smallest absolute Gasteiger partial charge is 0.303 e. The van der Waals surface area contributed by atoms with Gasteiger partial charge in [-0.15, -0.1) is 0 Å². The number of likely N-dealkylation sites (tertiary alicyclic amines) is 1. The number of nitrogens with zero attached hydrogens (tertiary/aromatic N) is 2. The van der Waals surface area contributed by atoms with Crippen LogP contribution in [-0.4, -0.2) is 29.1 Å². The van der Waals surface area contributed by atoms with Gasteiger partial charge in [-0.1, -0.05) is 17.7 Å². The Bertz CT molecular complexity index is 504. The van der Waals surface area contributed by atoms with Crippen molar-refractivity contribution in [3.8, 4) is 6.07 Å². The molecule has 2 rings (SSSR count). The van der Waals surface area contributed by atoms with Crippen molar-refractivity contribution in [1.29, 1.82) is 5.26 Å². The molecule has 0 radical (unpaired) electrons. The minimum atomic E-state index is -0.740. The molecule has 4 nitrogen and oxygen atoms in total. The molecule has 94 valence electrons. The second-order valence-corrected chi connectivity index (χ2v) is 4.98. The summed E-state index contributed by atoms with van der Waals surface area (Å²) in [6.45, 7) is 2.30. The summed E-state index contributed by atoms with van der Waals surface area (Å²) in [6.07, 6.45) is 0.234. The number of carboxylic acid groups (broad SMARTS) is 1. The highest BCUT2D eigenvalue weighted by atomic mass is 35.5. The van der Waals surface area contributed by atoms with Crippen LogP contribution >= 0.6 is 11.6 Å². The fourth-order valence-electron chi connectivity index (χ4n) is 2.17.